The Morgan fingerprint density at radius 1 is 1.03 bits per heavy atom. The number of ether oxygens (including phenoxy) is 2. The van der Waals surface area contributed by atoms with E-state index in [2.05, 4.69) is 39.7 Å². The molecule has 3 aromatic rings. The first kappa shape index (κ1) is 27.5. The summed E-state index contributed by atoms with van der Waals surface area (Å²) >= 11 is 0. The molecule has 0 saturated carbocycles. The summed E-state index contributed by atoms with van der Waals surface area (Å²) in [6.45, 7) is 13.5. The van der Waals surface area contributed by atoms with E-state index >= 15 is 0 Å². The number of nitrogens with zero attached hydrogens (tertiary/aromatic N) is 1. The van der Waals surface area contributed by atoms with Gasteiger partial charge in [-0.25, -0.2) is 4.79 Å². The van der Waals surface area contributed by atoms with Crippen LogP contribution in [0.15, 0.2) is 42.5 Å². The third kappa shape index (κ3) is 6.46. The molecule has 1 aliphatic heterocycles. The van der Waals surface area contributed by atoms with Crippen LogP contribution in [0.25, 0.3) is 10.8 Å². The lowest BCUT2D eigenvalue weighted by Crippen LogP contribution is -2.46. The van der Waals surface area contributed by atoms with Gasteiger partial charge in [0, 0.05) is 48.6 Å². The molecule has 0 radical (unpaired) electrons. The Morgan fingerprint density at radius 2 is 1.68 bits per heavy atom. The predicted molar refractivity (Wildman–Crippen MR) is 151 cm³/mol. The second-order valence-electron chi connectivity index (χ2n) is 10.9. The Hall–Kier alpha value is -3.56. The summed E-state index contributed by atoms with van der Waals surface area (Å²) in [5, 5.41) is 10.2. The first-order chi connectivity index (χ1) is 18.0. The highest BCUT2D eigenvalue weighted by Gasteiger charge is 2.24. The number of fused-ring (bicyclic) bond motifs is 1. The Labute approximate surface area is 224 Å². The number of aromatic nitrogens is 1. The van der Waals surface area contributed by atoms with E-state index in [9.17, 15) is 9.59 Å². The fraction of sp³-hybridized carbons (Fsp3) is 0.448. The number of amides is 3. The van der Waals surface area contributed by atoms with Crippen LogP contribution in [-0.4, -0.2) is 67.3 Å². The highest BCUT2D eigenvalue weighted by atomic mass is 16.5. The maximum absolute atomic E-state index is 13.0. The van der Waals surface area contributed by atoms with Crippen LogP contribution in [0.5, 0.6) is 5.75 Å². The van der Waals surface area contributed by atoms with E-state index in [-0.39, 0.29) is 23.5 Å². The first-order valence-corrected chi connectivity index (χ1v) is 13.1. The molecule has 38 heavy (non-hydrogen) atoms. The van der Waals surface area contributed by atoms with Gasteiger partial charge in [0.25, 0.3) is 5.91 Å². The van der Waals surface area contributed by atoms with Gasteiger partial charge >= 0.3 is 6.03 Å². The lowest BCUT2D eigenvalue weighted by molar-refractivity contribution is -0.0699. The van der Waals surface area contributed by atoms with Crippen molar-refractivity contribution in [3.8, 4) is 5.75 Å². The molecular weight excluding hydrogens is 482 g/mol. The molecule has 0 aliphatic carbocycles. The van der Waals surface area contributed by atoms with Crippen molar-refractivity contribution in [1.29, 1.82) is 0 Å². The minimum absolute atomic E-state index is 0.217. The standard InChI is InChI=1S/C29H39N5O4/c1-18-16-34(17-19(2)38-18)13-14-37-24-12-11-22(20-9-7-8-10-21(20)24)31-28(36)32-23-15-25(29(3,4)5)33-26(23)27(35)30-6/h7-12,15,18-19,33H,13-14,16-17H2,1-6H3,(H,30,35)(H2,31,32,36). The number of H-pyrrole nitrogens is 1. The van der Waals surface area contributed by atoms with Crippen LogP contribution in [0.2, 0.25) is 0 Å². The van der Waals surface area contributed by atoms with Crippen LogP contribution >= 0.6 is 0 Å². The summed E-state index contributed by atoms with van der Waals surface area (Å²) in [5.74, 6) is 0.465. The van der Waals surface area contributed by atoms with Gasteiger partial charge in [-0.3, -0.25) is 9.69 Å². The minimum atomic E-state index is -0.441. The van der Waals surface area contributed by atoms with Gasteiger partial charge < -0.3 is 30.4 Å². The molecule has 2 aromatic carbocycles. The summed E-state index contributed by atoms with van der Waals surface area (Å²) in [6.07, 6.45) is 0.435. The van der Waals surface area contributed by atoms with Crippen LogP contribution in [-0.2, 0) is 10.2 Å². The van der Waals surface area contributed by atoms with Crippen molar-refractivity contribution < 1.29 is 19.1 Å². The largest absolute Gasteiger partial charge is 0.492 e. The number of hydrogen-bond acceptors (Lipinski definition) is 5. The summed E-state index contributed by atoms with van der Waals surface area (Å²) in [4.78, 5) is 30.9. The molecular formula is C29H39N5O4. The van der Waals surface area contributed by atoms with Gasteiger partial charge in [0.2, 0.25) is 0 Å². The molecule has 204 valence electrons. The van der Waals surface area contributed by atoms with Crippen LogP contribution in [0.1, 0.15) is 50.8 Å². The van der Waals surface area contributed by atoms with Gasteiger partial charge in [-0.2, -0.15) is 0 Å². The average molecular weight is 522 g/mol. The molecule has 1 fully saturated rings. The summed E-state index contributed by atoms with van der Waals surface area (Å²) in [7, 11) is 1.56. The van der Waals surface area contributed by atoms with Crippen LogP contribution < -0.4 is 20.7 Å². The molecule has 9 nitrogen and oxygen atoms in total. The average Bonchev–Trinajstić information content (AvgIpc) is 3.28. The minimum Gasteiger partial charge on any atom is -0.492 e. The molecule has 2 atom stereocenters. The second-order valence-corrected chi connectivity index (χ2v) is 10.9. The molecule has 3 amide bonds. The van der Waals surface area contributed by atoms with Gasteiger partial charge in [-0.05, 0) is 32.0 Å². The van der Waals surface area contributed by atoms with Crippen LogP contribution in [0.3, 0.4) is 0 Å². The number of aromatic amines is 1. The lowest BCUT2D eigenvalue weighted by atomic mass is 9.92. The molecule has 0 bridgehead atoms. The van der Waals surface area contributed by atoms with Gasteiger partial charge in [-0.15, -0.1) is 0 Å². The van der Waals surface area contributed by atoms with Crippen molar-refractivity contribution in [2.75, 3.05) is 43.9 Å². The molecule has 4 rings (SSSR count). The third-order valence-electron chi connectivity index (χ3n) is 6.62. The zero-order chi connectivity index (χ0) is 27.4. The topological polar surface area (TPSA) is 108 Å². The Morgan fingerprint density at radius 3 is 2.34 bits per heavy atom. The zero-order valence-electron chi connectivity index (χ0n) is 23.1. The van der Waals surface area contributed by atoms with Gasteiger partial charge in [0.15, 0.2) is 0 Å². The van der Waals surface area contributed by atoms with E-state index < -0.39 is 6.03 Å². The highest BCUT2D eigenvalue weighted by molar-refractivity contribution is 6.09. The first-order valence-electron chi connectivity index (χ1n) is 13.1. The number of hydrogen-bond donors (Lipinski definition) is 4. The van der Waals surface area contributed by atoms with Gasteiger partial charge in [0.1, 0.15) is 18.1 Å². The number of carbonyl (C=O) groups excluding carboxylic acids is 2. The van der Waals surface area contributed by atoms with Crippen molar-refractivity contribution in [1.82, 2.24) is 15.2 Å². The van der Waals surface area contributed by atoms with Crippen molar-refractivity contribution in [3.05, 3.63) is 53.9 Å². The van der Waals surface area contributed by atoms with Crippen LogP contribution in [0, 0.1) is 0 Å². The van der Waals surface area contributed by atoms with E-state index in [1.54, 1.807) is 13.1 Å². The van der Waals surface area contributed by atoms with Gasteiger partial charge in [-0.1, -0.05) is 45.0 Å². The van der Waals surface area contributed by atoms with E-state index in [0.29, 0.717) is 23.7 Å². The van der Waals surface area contributed by atoms with E-state index in [1.807, 2.05) is 57.2 Å². The number of nitrogens with one attached hydrogen (secondary N) is 4. The van der Waals surface area contributed by atoms with Gasteiger partial charge in [0.05, 0.1) is 23.6 Å². The molecule has 0 spiro atoms. The monoisotopic (exact) mass is 521 g/mol. The number of carbonyl (C=O) groups is 2. The maximum atomic E-state index is 13.0. The number of morpholine rings is 1. The second kappa shape index (κ2) is 11.4. The molecule has 1 aliphatic rings. The molecule has 9 heteroatoms. The Balaban J connectivity index is 1.47. The highest BCUT2D eigenvalue weighted by Crippen LogP contribution is 2.32. The van der Waals surface area contributed by atoms with E-state index in [0.717, 1.165) is 41.9 Å². The number of anilines is 2. The number of benzene rings is 2. The fourth-order valence-electron chi connectivity index (χ4n) is 4.80. The fourth-order valence-corrected chi connectivity index (χ4v) is 4.80. The lowest BCUT2D eigenvalue weighted by Gasteiger charge is -2.35. The quantitative estimate of drug-likeness (QED) is 0.352. The third-order valence-corrected chi connectivity index (χ3v) is 6.62. The smallest absolute Gasteiger partial charge is 0.323 e. The molecule has 2 heterocycles. The number of urea groups is 1. The van der Waals surface area contributed by atoms with Crippen molar-refractivity contribution in [2.24, 2.45) is 0 Å². The normalized spacial score (nSPS) is 18.3. The Kier molecular flexibility index (Phi) is 8.28. The van der Waals surface area contributed by atoms with E-state index in [4.69, 9.17) is 9.47 Å². The Bertz CT molecular complexity index is 1290. The van der Waals surface area contributed by atoms with E-state index in [1.165, 1.54) is 0 Å². The summed E-state index contributed by atoms with van der Waals surface area (Å²) in [5.41, 5.74) is 2.01. The maximum Gasteiger partial charge on any atom is 0.323 e. The zero-order valence-corrected chi connectivity index (χ0v) is 23.1. The van der Waals surface area contributed by atoms with Crippen molar-refractivity contribution in [2.45, 2.75) is 52.2 Å². The van der Waals surface area contributed by atoms with Crippen molar-refractivity contribution >= 4 is 34.1 Å². The summed E-state index contributed by atoms with van der Waals surface area (Å²) < 4.78 is 12.0. The molecule has 2 unspecified atom stereocenters. The molecule has 4 N–H and O–H groups in total. The summed E-state index contributed by atoms with van der Waals surface area (Å²) in [6, 6.07) is 12.9. The predicted octanol–water partition coefficient (Wildman–Crippen LogP) is 4.96. The van der Waals surface area contributed by atoms with Crippen LogP contribution in [0.4, 0.5) is 16.2 Å². The molecule has 1 aromatic heterocycles. The van der Waals surface area contributed by atoms with Crippen molar-refractivity contribution in [3.63, 3.8) is 0 Å². The number of rotatable bonds is 7. The SMILES string of the molecule is CNC(=O)c1[nH]c(C(C)(C)C)cc1NC(=O)Nc1ccc(OCCN2CC(C)OC(C)C2)c2ccccc12. The molecule has 1 saturated heterocycles.